The van der Waals surface area contributed by atoms with E-state index in [1.807, 2.05) is 59.5 Å². The molecule has 1 aliphatic heterocycles. The van der Waals surface area contributed by atoms with Crippen LogP contribution in [0.2, 0.25) is 0 Å². The van der Waals surface area contributed by atoms with Gasteiger partial charge in [-0.1, -0.05) is 22.0 Å². The molecule has 4 aromatic rings. The fourth-order valence-corrected chi connectivity index (χ4v) is 4.22. The molecule has 0 fully saturated rings. The summed E-state index contributed by atoms with van der Waals surface area (Å²) < 4.78 is 22.4. The second-order valence-electron chi connectivity index (χ2n) is 8.09. The van der Waals surface area contributed by atoms with E-state index in [4.69, 9.17) is 21.3 Å². The first-order valence-electron chi connectivity index (χ1n) is 10.8. The summed E-state index contributed by atoms with van der Waals surface area (Å²) in [4.78, 5) is 2.11. The Morgan fingerprint density at radius 1 is 0.971 bits per heavy atom. The number of benzene rings is 3. The molecule has 1 aromatic heterocycles. The number of nitrogens with zero attached hydrogens (tertiary/aromatic N) is 3. The van der Waals surface area contributed by atoms with Crippen LogP contribution in [0.5, 0.6) is 0 Å². The summed E-state index contributed by atoms with van der Waals surface area (Å²) in [7, 11) is 0. The second-order valence-corrected chi connectivity index (χ2v) is 9.00. The summed E-state index contributed by atoms with van der Waals surface area (Å²) in [5, 5.41) is 4.84. The first-order valence-corrected chi connectivity index (χ1v) is 11.6. The molecule has 34 heavy (non-hydrogen) atoms. The minimum atomic E-state index is -0.365. The van der Waals surface area contributed by atoms with Gasteiger partial charge in [-0.25, -0.2) is 9.07 Å². The van der Waals surface area contributed by atoms with E-state index < -0.39 is 0 Å². The minimum Gasteiger partial charge on any atom is -0.472 e. The molecule has 0 saturated heterocycles. The Bertz CT molecular complexity index is 1330. The summed E-state index contributed by atoms with van der Waals surface area (Å²) in [6, 6.07) is 19.9. The van der Waals surface area contributed by atoms with E-state index in [1.165, 1.54) is 12.1 Å². The molecule has 0 saturated carbocycles. The van der Waals surface area contributed by atoms with Gasteiger partial charge in [-0.15, -0.1) is 0 Å². The normalized spacial score (nSPS) is 15.0. The maximum Gasteiger partial charge on any atom is 0.201 e. The quantitative estimate of drug-likeness (QED) is 0.321. The largest absolute Gasteiger partial charge is 0.472 e. The first kappa shape index (κ1) is 22.0. The molecular weight excluding hydrogens is 497 g/mol. The zero-order valence-electron chi connectivity index (χ0n) is 18.2. The van der Waals surface area contributed by atoms with Crippen LogP contribution in [0, 0.1) is 5.82 Å². The van der Waals surface area contributed by atoms with Gasteiger partial charge in [0.25, 0.3) is 0 Å². The zero-order chi connectivity index (χ0) is 23.7. The Morgan fingerprint density at radius 3 is 2.47 bits per heavy atom. The maximum absolute atomic E-state index is 13.6. The molecule has 5 rings (SSSR count). The SMILES string of the molecule is Nc1ccc(CCN2C=COC2c2cn(-c3ccc(Br)cc3)nc2-c2ccc(F)cc2)cc1N. The Morgan fingerprint density at radius 2 is 1.74 bits per heavy atom. The predicted octanol–water partition coefficient (Wildman–Crippen LogP) is 5.65. The van der Waals surface area contributed by atoms with Crippen LogP contribution >= 0.6 is 15.9 Å². The van der Waals surface area contributed by atoms with Crippen molar-refractivity contribution in [2.24, 2.45) is 0 Å². The summed E-state index contributed by atoms with van der Waals surface area (Å²) in [6.45, 7) is 0.705. The zero-order valence-corrected chi connectivity index (χ0v) is 19.8. The fraction of sp³-hybridized carbons (Fsp3) is 0.115. The fourth-order valence-electron chi connectivity index (χ4n) is 3.95. The summed E-state index contributed by atoms with van der Waals surface area (Å²) in [5.74, 6) is -0.291. The highest BCUT2D eigenvalue weighted by Gasteiger charge is 2.28. The number of hydrogen-bond acceptors (Lipinski definition) is 5. The number of aromatic nitrogens is 2. The molecule has 6 nitrogen and oxygen atoms in total. The van der Waals surface area contributed by atoms with Gasteiger partial charge in [0, 0.05) is 29.0 Å². The standard InChI is InChI=1S/C26H23BrFN5O/c27-19-4-8-21(9-5-19)33-16-22(25(31-33)18-2-6-20(28)7-3-18)26-32(13-14-34-26)12-11-17-1-10-23(29)24(30)15-17/h1-10,13-16,26H,11-12,29-30H2. The van der Waals surface area contributed by atoms with E-state index in [9.17, 15) is 4.39 Å². The number of rotatable bonds is 6. The van der Waals surface area contributed by atoms with Crippen LogP contribution < -0.4 is 11.5 Å². The monoisotopic (exact) mass is 519 g/mol. The van der Waals surface area contributed by atoms with E-state index in [2.05, 4.69) is 20.8 Å². The van der Waals surface area contributed by atoms with Crippen molar-refractivity contribution >= 4 is 27.3 Å². The molecule has 172 valence electrons. The molecule has 1 atom stereocenters. The predicted molar refractivity (Wildman–Crippen MR) is 135 cm³/mol. The lowest BCUT2D eigenvalue weighted by Crippen LogP contribution is -2.23. The lowest BCUT2D eigenvalue weighted by Gasteiger charge is -2.24. The number of ether oxygens (including phenoxy) is 1. The van der Waals surface area contributed by atoms with Crippen LogP contribution in [-0.4, -0.2) is 21.2 Å². The highest BCUT2D eigenvalue weighted by molar-refractivity contribution is 9.10. The van der Waals surface area contributed by atoms with Gasteiger partial charge in [-0.2, -0.15) is 5.10 Å². The summed E-state index contributed by atoms with van der Waals surface area (Å²) in [6.07, 6.45) is 5.98. The Balaban J connectivity index is 1.47. The van der Waals surface area contributed by atoms with Crippen LogP contribution in [0.25, 0.3) is 16.9 Å². The molecule has 0 bridgehead atoms. The lowest BCUT2D eigenvalue weighted by molar-refractivity contribution is 0.0581. The van der Waals surface area contributed by atoms with Crippen molar-refractivity contribution in [2.45, 2.75) is 12.6 Å². The van der Waals surface area contributed by atoms with E-state index in [0.717, 1.165) is 39.0 Å². The third-order valence-corrected chi connectivity index (χ3v) is 6.32. The topological polar surface area (TPSA) is 82.3 Å². The number of halogens is 2. The molecule has 0 amide bonds. The average Bonchev–Trinajstić information content (AvgIpc) is 3.48. The molecular formula is C26H23BrFN5O. The molecule has 0 radical (unpaired) electrons. The molecule has 1 unspecified atom stereocenters. The van der Waals surface area contributed by atoms with Crippen molar-refractivity contribution in [2.75, 3.05) is 18.0 Å². The van der Waals surface area contributed by atoms with E-state index in [-0.39, 0.29) is 12.0 Å². The molecule has 0 spiro atoms. The maximum atomic E-state index is 13.6. The van der Waals surface area contributed by atoms with Crippen molar-refractivity contribution in [1.29, 1.82) is 0 Å². The van der Waals surface area contributed by atoms with Gasteiger partial charge in [0.05, 0.1) is 22.6 Å². The molecule has 4 N–H and O–H groups in total. The van der Waals surface area contributed by atoms with Crippen LogP contribution in [-0.2, 0) is 11.2 Å². The van der Waals surface area contributed by atoms with Crippen molar-refractivity contribution in [3.8, 4) is 16.9 Å². The smallest absolute Gasteiger partial charge is 0.201 e. The minimum absolute atomic E-state index is 0.291. The highest BCUT2D eigenvalue weighted by Crippen LogP contribution is 2.35. The molecule has 8 heteroatoms. The van der Waals surface area contributed by atoms with Crippen LogP contribution in [0.1, 0.15) is 17.4 Å². The van der Waals surface area contributed by atoms with Crippen molar-refractivity contribution in [1.82, 2.24) is 14.7 Å². The van der Waals surface area contributed by atoms with E-state index in [0.29, 0.717) is 17.9 Å². The van der Waals surface area contributed by atoms with Crippen molar-refractivity contribution in [3.63, 3.8) is 0 Å². The average molecular weight is 520 g/mol. The van der Waals surface area contributed by atoms with Crippen LogP contribution in [0.4, 0.5) is 15.8 Å². The van der Waals surface area contributed by atoms with Gasteiger partial charge in [0.2, 0.25) is 6.23 Å². The van der Waals surface area contributed by atoms with Gasteiger partial charge in [0.15, 0.2) is 0 Å². The molecule has 2 heterocycles. The van der Waals surface area contributed by atoms with Crippen molar-refractivity contribution in [3.05, 3.63) is 107 Å². The van der Waals surface area contributed by atoms with Gasteiger partial charge in [-0.3, -0.25) is 0 Å². The van der Waals surface area contributed by atoms with Gasteiger partial charge in [-0.05, 0) is 72.6 Å². The van der Waals surface area contributed by atoms with Gasteiger partial charge < -0.3 is 21.1 Å². The third-order valence-electron chi connectivity index (χ3n) is 5.79. The van der Waals surface area contributed by atoms with Crippen LogP contribution in [0.3, 0.4) is 0 Å². The number of nitrogen functional groups attached to an aromatic ring is 2. The third kappa shape index (κ3) is 4.49. The summed E-state index contributed by atoms with van der Waals surface area (Å²) >= 11 is 3.47. The molecule has 1 aliphatic rings. The number of hydrogen-bond donors (Lipinski definition) is 2. The first-order chi connectivity index (χ1) is 16.5. The highest BCUT2D eigenvalue weighted by atomic mass is 79.9. The lowest BCUT2D eigenvalue weighted by atomic mass is 10.1. The van der Waals surface area contributed by atoms with Gasteiger partial charge >= 0.3 is 0 Å². The van der Waals surface area contributed by atoms with Gasteiger partial charge in [0.1, 0.15) is 17.8 Å². The summed E-state index contributed by atoms with van der Waals surface area (Å²) in [5.41, 5.74) is 17.4. The Labute approximate surface area is 205 Å². The number of anilines is 2. The van der Waals surface area contributed by atoms with E-state index >= 15 is 0 Å². The molecule has 0 aliphatic carbocycles. The van der Waals surface area contributed by atoms with Crippen molar-refractivity contribution < 1.29 is 9.13 Å². The number of nitrogens with two attached hydrogens (primary N) is 2. The Hall–Kier alpha value is -3.78. The second kappa shape index (κ2) is 9.23. The van der Waals surface area contributed by atoms with E-state index in [1.54, 1.807) is 18.4 Å². The molecule has 3 aromatic carbocycles. The Kier molecular flexibility index (Phi) is 5.98. The van der Waals surface area contributed by atoms with Crippen LogP contribution in [0.15, 0.2) is 89.9 Å².